The number of aromatic nitrogens is 1. The zero-order valence-electron chi connectivity index (χ0n) is 9.57. The summed E-state index contributed by atoms with van der Waals surface area (Å²) in [6, 6.07) is 6.17. The van der Waals surface area contributed by atoms with Crippen molar-refractivity contribution in [2.45, 2.75) is 25.2 Å². The van der Waals surface area contributed by atoms with Crippen molar-refractivity contribution in [2.24, 2.45) is 0 Å². The van der Waals surface area contributed by atoms with E-state index in [1.54, 1.807) is 12.1 Å². The normalized spacial score (nSPS) is 15.3. The highest BCUT2D eigenvalue weighted by atomic mass is 32.1. The van der Waals surface area contributed by atoms with Crippen LogP contribution in [0.25, 0.3) is 11.3 Å². The second-order valence-electron chi connectivity index (χ2n) is 4.46. The van der Waals surface area contributed by atoms with E-state index < -0.39 is 6.43 Å². The highest BCUT2D eigenvalue weighted by Gasteiger charge is 2.28. The molecule has 0 bridgehead atoms. The molecule has 0 saturated heterocycles. The summed E-state index contributed by atoms with van der Waals surface area (Å²) < 4.78 is 24.9. The van der Waals surface area contributed by atoms with E-state index in [0.717, 1.165) is 16.3 Å². The maximum Gasteiger partial charge on any atom is 0.263 e. The fraction of sp³-hybridized carbons (Fsp3) is 0.308. The highest BCUT2D eigenvalue weighted by Crippen LogP contribution is 2.45. The zero-order valence-corrected chi connectivity index (χ0v) is 10.4. The monoisotopic (exact) mass is 266 g/mol. The Balaban J connectivity index is 1.93. The van der Waals surface area contributed by atoms with Crippen molar-refractivity contribution < 1.29 is 8.78 Å². The van der Waals surface area contributed by atoms with Gasteiger partial charge in [-0.05, 0) is 12.8 Å². The van der Waals surface area contributed by atoms with Gasteiger partial charge in [-0.15, -0.1) is 11.3 Å². The smallest absolute Gasteiger partial charge is 0.263 e. The number of halogens is 2. The van der Waals surface area contributed by atoms with Crippen molar-refractivity contribution in [3.63, 3.8) is 0 Å². The van der Waals surface area contributed by atoms with Gasteiger partial charge in [-0.3, -0.25) is 0 Å². The molecule has 0 unspecified atom stereocenters. The summed E-state index contributed by atoms with van der Waals surface area (Å²) in [6.45, 7) is 0. The van der Waals surface area contributed by atoms with Gasteiger partial charge in [0, 0.05) is 17.0 Å². The predicted molar refractivity (Wildman–Crippen MR) is 68.9 cm³/mol. The van der Waals surface area contributed by atoms with E-state index in [9.17, 15) is 8.78 Å². The average molecular weight is 266 g/mol. The van der Waals surface area contributed by atoms with Gasteiger partial charge in [0.05, 0.1) is 5.01 Å². The minimum Gasteiger partial charge on any atom is -0.389 e. The van der Waals surface area contributed by atoms with Crippen molar-refractivity contribution >= 4 is 16.3 Å². The maximum atomic E-state index is 12.5. The molecule has 94 valence electrons. The van der Waals surface area contributed by atoms with Crippen molar-refractivity contribution in [1.29, 1.82) is 0 Å². The Morgan fingerprint density at radius 1 is 1.22 bits per heavy atom. The van der Waals surface area contributed by atoms with Crippen LogP contribution >= 0.6 is 11.3 Å². The van der Waals surface area contributed by atoms with Gasteiger partial charge in [-0.25, -0.2) is 13.8 Å². The molecule has 1 aliphatic carbocycles. The number of hydrogen-bond donors (Lipinski definition) is 1. The van der Waals surface area contributed by atoms with Gasteiger partial charge in [-0.2, -0.15) is 0 Å². The number of hydrogen-bond acceptors (Lipinski definition) is 3. The largest absolute Gasteiger partial charge is 0.389 e. The molecule has 3 rings (SSSR count). The third kappa shape index (κ3) is 2.10. The van der Waals surface area contributed by atoms with Gasteiger partial charge < -0.3 is 5.73 Å². The van der Waals surface area contributed by atoms with Crippen LogP contribution in [0.1, 0.15) is 35.8 Å². The van der Waals surface area contributed by atoms with Gasteiger partial charge in [0.25, 0.3) is 6.43 Å². The lowest BCUT2D eigenvalue weighted by Gasteiger charge is -2.01. The molecule has 1 heterocycles. The first-order valence-electron chi connectivity index (χ1n) is 5.80. The molecule has 1 aromatic carbocycles. The summed E-state index contributed by atoms with van der Waals surface area (Å²) in [5.74, 6) is 0.561. The number of rotatable bonds is 3. The van der Waals surface area contributed by atoms with Gasteiger partial charge in [-0.1, -0.05) is 24.3 Å². The molecule has 2 N–H and O–H groups in total. The molecule has 0 radical (unpaired) electrons. The van der Waals surface area contributed by atoms with Crippen LogP contribution in [-0.2, 0) is 0 Å². The molecule has 18 heavy (non-hydrogen) atoms. The number of benzene rings is 1. The fourth-order valence-electron chi connectivity index (χ4n) is 1.85. The number of nitrogen functional groups attached to an aromatic ring is 1. The number of nitrogens with two attached hydrogens (primary N) is 1. The minimum atomic E-state index is -2.44. The summed E-state index contributed by atoms with van der Waals surface area (Å²) >= 11 is 1.51. The van der Waals surface area contributed by atoms with Crippen molar-refractivity contribution in [3.05, 3.63) is 34.8 Å². The van der Waals surface area contributed by atoms with E-state index in [2.05, 4.69) is 4.98 Å². The van der Waals surface area contributed by atoms with E-state index in [1.165, 1.54) is 36.3 Å². The first-order chi connectivity index (χ1) is 8.65. The second kappa shape index (κ2) is 4.31. The van der Waals surface area contributed by atoms with Gasteiger partial charge >= 0.3 is 0 Å². The van der Waals surface area contributed by atoms with E-state index in [4.69, 9.17) is 5.73 Å². The molecule has 1 fully saturated rings. The molecule has 5 heteroatoms. The molecule has 2 nitrogen and oxygen atoms in total. The van der Waals surface area contributed by atoms with Crippen LogP contribution < -0.4 is 5.73 Å². The first-order valence-corrected chi connectivity index (χ1v) is 6.61. The van der Waals surface area contributed by atoms with E-state index in [1.807, 2.05) is 0 Å². The molecule has 0 amide bonds. The molecule has 0 aliphatic heterocycles. The Kier molecular flexibility index (Phi) is 2.78. The maximum absolute atomic E-state index is 12.5. The summed E-state index contributed by atoms with van der Waals surface area (Å²) in [4.78, 5) is 4.52. The Bertz CT molecular complexity index is 559. The summed E-state index contributed by atoms with van der Waals surface area (Å²) in [5.41, 5.74) is 7.50. The summed E-state index contributed by atoms with van der Waals surface area (Å²) in [6.07, 6.45) is -0.0817. The Labute approximate surface area is 107 Å². The number of anilines is 1. The van der Waals surface area contributed by atoms with Gasteiger partial charge in [0.1, 0.15) is 10.7 Å². The Morgan fingerprint density at radius 2 is 1.89 bits per heavy atom. The lowest BCUT2D eigenvalue weighted by Crippen LogP contribution is -1.88. The molecular weight excluding hydrogens is 254 g/mol. The standard InChI is InChI=1S/C13H12F2N2S/c14-11(15)8-3-1-7(2-4-8)10-12(16)18-13(17-10)9-5-6-9/h1-4,9,11H,5-6,16H2. The lowest BCUT2D eigenvalue weighted by atomic mass is 10.1. The highest BCUT2D eigenvalue weighted by molar-refractivity contribution is 7.16. The topological polar surface area (TPSA) is 38.9 Å². The first kappa shape index (κ1) is 11.6. The Hall–Kier alpha value is -1.49. The fourth-order valence-corrected chi connectivity index (χ4v) is 2.87. The van der Waals surface area contributed by atoms with E-state index in [-0.39, 0.29) is 5.56 Å². The van der Waals surface area contributed by atoms with E-state index in [0.29, 0.717) is 10.9 Å². The molecule has 0 atom stereocenters. The van der Waals surface area contributed by atoms with Crippen LogP contribution in [0.3, 0.4) is 0 Å². The quantitative estimate of drug-likeness (QED) is 0.903. The van der Waals surface area contributed by atoms with E-state index >= 15 is 0 Å². The van der Waals surface area contributed by atoms with Crippen LogP contribution in [0, 0.1) is 0 Å². The predicted octanol–water partition coefficient (Wildman–Crippen LogP) is 4.21. The molecule has 1 saturated carbocycles. The van der Waals surface area contributed by atoms with Crippen LogP contribution in [0.5, 0.6) is 0 Å². The molecule has 1 aromatic heterocycles. The lowest BCUT2D eigenvalue weighted by molar-refractivity contribution is 0.151. The van der Waals surface area contributed by atoms with Crippen LogP contribution in [0.15, 0.2) is 24.3 Å². The van der Waals surface area contributed by atoms with Gasteiger partial charge in [0.15, 0.2) is 0 Å². The van der Waals surface area contributed by atoms with Gasteiger partial charge in [0.2, 0.25) is 0 Å². The number of alkyl halides is 2. The number of thiazole rings is 1. The van der Waals surface area contributed by atoms with Crippen LogP contribution in [-0.4, -0.2) is 4.98 Å². The zero-order chi connectivity index (χ0) is 12.7. The molecular formula is C13H12F2N2S. The van der Waals surface area contributed by atoms with Crippen LogP contribution in [0.2, 0.25) is 0 Å². The molecule has 2 aromatic rings. The number of nitrogens with zero attached hydrogens (tertiary/aromatic N) is 1. The third-order valence-corrected chi connectivity index (χ3v) is 4.08. The van der Waals surface area contributed by atoms with Crippen LogP contribution in [0.4, 0.5) is 13.8 Å². The third-order valence-electron chi connectivity index (χ3n) is 3.03. The summed E-state index contributed by atoms with van der Waals surface area (Å²) in [5, 5.41) is 1.74. The Morgan fingerprint density at radius 3 is 2.44 bits per heavy atom. The SMILES string of the molecule is Nc1sc(C2CC2)nc1-c1ccc(C(F)F)cc1. The van der Waals surface area contributed by atoms with Crippen molar-refractivity contribution in [1.82, 2.24) is 4.98 Å². The van der Waals surface area contributed by atoms with Crippen molar-refractivity contribution in [3.8, 4) is 11.3 Å². The second-order valence-corrected chi connectivity index (χ2v) is 5.52. The average Bonchev–Trinajstić information content (AvgIpc) is 3.13. The molecule has 0 spiro atoms. The summed E-state index contributed by atoms with van der Waals surface area (Å²) in [7, 11) is 0. The minimum absolute atomic E-state index is 0.0231. The molecule has 1 aliphatic rings. The van der Waals surface area contributed by atoms with Crippen molar-refractivity contribution in [2.75, 3.05) is 5.73 Å².